The van der Waals surface area contributed by atoms with Crippen LogP contribution in [0.25, 0.3) is 0 Å². The third-order valence-electron chi connectivity index (χ3n) is 3.69. The van der Waals surface area contributed by atoms with Crippen LogP contribution < -0.4 is 10.0 Å². The average molecular weight is 312 g/mol. The molecular weight excluding hydrogens is 284 g/mol. The molecule has 0 heterocycles. The fourth-order valence-electron chi connectivity index (χ4n) is 2.92. The molecule has 0 bridgehead atoms. The van der Waals surface area contributed by atoms with Gasteiger partial charge in [0.2, 0.25) is 10.0 Å². The number of rotatable bonds is 8. The Labute approximate surface area is 129 Å². The summed E-state index contributed by atoms with van der Waals surface area (Å²) in [4.78, 5) is 0.398. The van der Waals surface area contributed by atoms with E-state index in [2.05, 4.69) is 37.7 Å². The summed E-state index contributed by atoms with van der Waals surface area (Å²) in [6, 6.07) is 7.54. The van der Waals surface area contributed by atoms with Crippen LogP contribution >= 0.6 is 0 Å². The van der Waals surface area contributed by atoms with Gasteiger partial charge in [0, 0.05) is 18.5 Å². The molecule has 2 N–H and O–H groups in total. The number of hydrogen-bond acceptors (Lipinski definition) is 3. The lowest BCUT2D eigenvalue weighted by atomic mass is 9.83. The molecule has 0 spiro atoms. The first-order chi connectivity index (χ1) is 9.85. The molecule has 21 heavy (non-hydrogen) atoms. The Balaban J connectivity index is 3.33. The van der Waals surface area contributed by atoms with Crippen LogP contribution in [0.15, 0.2) is 29.2 Å². The fourth-order valence-corrected chi connectivity index (χ4v) is 4.23. The van der Waals surface area contributed by atoms with Gasteiger partial charge in [0.25, 0.3) is 0 Å². The summed E-state index contributed by atoms with van der Waals surface area (Å²) < 4.78 is 27.5. The minimum atomic E-state index is -3.45. The molecule has 0 aliphatic heterocycles. The van der Waals surface area contributed by atoms with Gasteiger partial charge in [-0.2, -0.15) is 0 Å². The smallest absolute Gasteiger partial charge is 0.240 e. The topological polar surface area (TPSA) is 58.2 Å². The lowest BCUT2D eigenvalue weighted by molar-refractivity contribution is 0.378. The van der Waals surface area contributed by atoms with Crippen molar-refractivity contribution in [2.45, 2.75) is 51.5 Å². The van der Waals surface area contributed by atoms with Gasteiger partial charge in [-0.15, -0.1) is 0 Å². The SMILES string of the molecule is CCNC(C)C(c1ccccc1S(=O)(=O)NCC)C(C)C. The van der Waals surface area contributed by atoms with E-state index in [1.165, 1.54) is 0 Å². The zero-order chi connectivity index (χ0) is 16.0. The largest absolute Gasteiger partial charge is 0.314 e. The van der Waals surface area contributed by atoms with Crippen LogP contribution in [0.2, 0.25) is 0 Å². The number of hydrogen-bond donors (Lipinski definition) is 2. The van der Waals surface area contributed by atoms with Crippen LogP contribution in [-0.2, 0) is 10.0 Å². The zero-order valence-corrected chi connectivity index (χ0v) is 14.5. The predicted molar refractivity (Wildman–Crippen MR) is 88.0 cm³/mol. The van der Waals surface area contributed by atoms with Crippen molar-refractivity contribution in [3.8, 4) is 0 Å². The molecule has 4 nitrogen and oxygen atoms in total. The van der Waals surface area contributed by atoms with E-state index in [-0.39, 0.29) is 12.0 Å². The molecule has 0 saturated heterocycles. The first kappa shape index (κ1) is 18.1. The van der Waals surface area contributed by atoms with Crippen molar-refractivity contribution in [2.24, 2.45) is 5.92 Å². The summed E-state index contributed by atoms with van der Waals surface area (Å²) in [5.41, 5.74) is 0.891. The van der Waals surface area contributed by atoms with Crippen molar-refractivity contribution in [1.82, 2.24) is 10.0 Å². The Bertz CT molecular complexity index is 541. The average Bonchev–Trinajstić information content (AvgIpc) is 2.39. The van der Waals surface area contributed by atoms with Crippen molar-refractivity contribution in [3.05, 3.63) is 29.8 Å². The summed E-state index contributed by atoms with van der Waals surface area (Å²) >= 11 is 0. The molecule has 0 amide bonds. The van der Waals surface area contributed by atoms with E-state index in [9.17, 15) is 8.42 Å². The number of nitrogens with one attached hydrogen (secondary N) is 2. The molecule has 1 rings (SSSR count). The summed E-state index contributed by atoms with van der Waals surface area (Å²) in [5, 5.41) is 3.42. The number of sulfonamides is 1. The first-order valence-corrected chi connectivity index (χ1v) is 9.15. The van der Waals surface area contributed by atoms with E-state index in [4.69, 9.17) is 0 Å². The van der Waals surface area contributed by atoms with Crippen molar-refractivity contribution < 1.29 is 8.42 Å². The van der Waals surface area contributed by atoms with Crippen molar-refractivity contribution in [2.75, 3.05) is 13.1 Å². The summed E-state index contributed by atoms with van der Waals surface area (Å²) in [7, 11) is -3.45. The Morgan fingerprint density at radius 2 is 1.67 bits per heavy atom. The molecule has 0 aromatic heterocycles. The summed E-state index contributed by atoms with van der Waals surface area (Å²) in [5.74, 6) is 0.492. The van der Waals surface area contributed by atoms with Crippen LogP contribution in [0.5, 0.6) is 0 Å². The van der Waals surface area contributed by atoms with Gasteiger partial charge in [-0.3, -0.25) is 0 Å². The van der Waals surface area contributed by atoms with Gasteiger partial charge < -0.3 is 5.32 Å². The van der Waals surface area contributed by atoms with Gasteiger partial charge in [0.15, 0.2) is 0 Å². The van der Waals surface area contributed by atoms with Crippen LogP contribution in [-0.4, -0.2) is 27.5 Å². The molecule has 1 aromatic rings. The monoisotopic (exact) mass is 312 g/mol. The Morgan fingerprint density at radius 3 is 2.19 bits per heavy atom. The standard InChI is InChI=1S/C16H28N2O2S/c1-6-17-13(5)16(12(3)4)14-10-8-9-11-15(14)21(19,20)18-7-2/h8-13,16-18H,6-7H2,1-5H3. The van der Waals surface area contributed by atoms with Crippen molar-refractivity contribution >= 4 is 10.0 Å². The lowest BCUT2D eigenvalue weighted by Crippen LogP contribution is -2.36. The maximum atomic E-state index is 12.4. The van der Waals surface area contributed by atoms with Gasteiger partial charge in [0.05, 0.1) is 4.90 Å². The van der Waals surface area contributed by atoms with Crippen LogP contribution in [0.4, 0.5) is 0 Å². The molecule has 0 fully saturated rings. The van der Waals surface area contributed by atoms with Crippen LogP contribution in [0.1, 0.15) is 46.1 Å². The maximum Gasteiger partial charge on any atom is 0.240 e. The maximum absolute atomic E-state index is 12.4. The van der Waals surface area contributed by atoms with E-state index >= 15 is 0 Å². The Kier molecular flexibility index (Phi) is 6.84. The Morgan fingerprint density at radius 1 is 1.05 bits per heavy atom. The molecule has 1 aromatic carbocycles. The normalized spacial score (nSPS) is 15.1. The fraction of sp³-hybridized carbons (Fsp3) is 0.625. The third-order valence-corrected chi connectivity index (χ3v) is 5.30. The molecule has 2 unspecified atom stereocenters. The van der Waals surface area contributed by atoms with E-state index in [1.54, 1.807) is 19.1 Å². The number of likely N-dealkylation sites (N-methyl/N-ethyl adjacent to an activating group) is 1. The highest BCUT2D eigenvalue weighted by Gasteiger charge is 2.28. The highest BCUT2D eigenvalue weighted by Crippen LogP contribution is 2.32. The highest BCUT2D eigenvalue weighted by atomic mass is 32.2. The lowest BCUT2D eigenvalue weighted by Gasteiger charge is -2.30. The van der Waals surface area contributed by atoms with Gasteiger partial charge in [-0.25, -0.2) is 13.1 Å². The molecule has 5 heteroatoms. The van der Waals surface area contributed by atoms with E-state index in [0.29, 0.717) is 17.4 Å². The van der Waals surface area contributed by atoms with Gasteiger partial charge in [-0.1, -0.05) is 45.9 Å². The van der Waals surface area contributed by atoms with Crippen LogP contribution in [0, 0.1) is 5.92 Å². The zero-order valence-electron chi connectivity index (χ0n) is 13.7. The van der Waals surface area contributed by atoms with Crippen molar-refractivity contribution in [3.63, 3.8) is 0 Å². The predicted octanol–water partition coefficient (Wildman–Crippen LogP) is 2.72. The van der Waals surface area contributed by atoms with E-state index in [0.717, 1.165) is 12.1 Å². The second-order valence-electron chi connectivity index (χ2n) is 5.66. The molecule has 2 atom stereocenters. The summed E-state index contributed by atoms with van der Waals surface area (Å²) in [6.07, 6.45) is 0. The van der Waals surface area contributed by atoms with Crippen LogP contribution in [0.3, 0.4) is 0 Å². The molecule has 0 aliphatic rings. The minimum absolute atomic E-state index is 0.148. The molecule has 120 valence electrons. The van der Waals surface area contributed by atoms with Gasteiger partial charge in [-0.05, 0) is 31.0 Å². The van der Waals surface area contributed by atoms with E-state index < -0.39 is 10.0 Å². The van der Waals surface area contributed by atoms with Gasteiger partial charge >= 0.3 is 0 Å². The highest BCUT2D eigenvalue weighted by molar-refractivity contribution is 7.89. The minimum Gasteiger partial charge on any atom is -0.314 e. The van der Waals surface area contributed by atoms with E-state index in [1.807, 2.05) is 12.1 Å². The number of benzene rings is 1. The Hall–Kier alpha value is -0.910. The molecular formula is C16H28N2O2S. The first-order valence-electron chi connectivity index (χ1n) is 7.67. The molecule has 0 radical (unpaired) electrons. The molecule has 0 saturated carbocycles. The second-order valence-corrected chi connectivity index (χ2v) is 7.39. The quantitative estimate of drug-likeness (QED) is 0.776. The second kappa shape index (κ2) is 7.92. The molecule has 0 aliphatic carbocycles. The third kappa shape index (κ3) is 4.53. The van der Waals surface area contributed by atoms with Gasteiger partial charge in [0.1, 0.15) is 0 Å². The van der Waals surface area contributed by atoms with Crippen molar-refractivity contribution in [1.29, 1.82) is 0 Å². The summed E-state index contributed by atoms with van der Waals surface area (Å²) in [6.45, 7) is 11.5.